The van der Waals surface area contributed by atoms with Crippen LogP contribution in [0.4, 0.5) is 0 Å². The van der Waals surface area contributed by atoms with Gasteiger partial charge < -0.3 is 14.5 Å². The number of ether oxygens (including phenoxy) is 1. The van der Waals surface area contributed by atoms with Gasteiger partial charge in [0, 0.05) is 32.5 Å². The third-order valence-corrected chi connectivity index (χ3v) is 6.52. The first-order valence-corrected chi connectivity index (χ1v) is 10.4. The number of nitrogens with zero attached hydrogens (tertiary/aromatic N) is 3. The van der Waals surface area contributed by atoms with Crippen molar-refractivity contribution in [2.45, 2.75) is 24.7 Å². The lowest BCUT2D eigenvalue weighted by molar-refractivity contribution is -0.142. The lowest BCUT2D eigenvalue weighted by atomic mass is 9.76. The van der Waals surface area contributed by atoms with E-state index in [0.717, 1.165) is 17.5 Å². The summed E-state index contributed by atoms with van der Waals surface area (Å²) in [7, 11) is 1.80. The first-order chi connectivity index (χ1) is 14.6. The summed E-state index contributed by atoms with van der Waals surface area (Å²) in [5.41, 5.74) is 1.55. The summed E-state index contributed by atoms with van der Waals surface area (Å²) in [5, 5.41) is 0. The molecule has 1 aromatic heterocycles. The number of fused-ring (bicyclic) bond motifs is 1. The number of carbonyl (C=O) groups is 2. The fourth-order valence-electron chi connectivity index (χ4n) is 5.05. The van der Waals surface area contributed by atoms with Crippen LogP contribution in [0.15, 0.2) is 67.0 Å². The first-order valence-electron chi connectivity index (χ1n) is 10.4. The number of benzene rings is 1. The second-order valence-corrected chi connectivity index (χ2v) is 8.45. The summed E-state index contributed by atoms with van der Waals surface area (Å²) in [4.78, 5) is 34.3. The van der Waals surface area contributed by atoms with Crippen molar-refractivity contribution < 1.29 is 14.3 Å². The number of rotatable bonds is 6. The predicted octanol–water partition coefficient (Wildman–Crippen LogP) is 2.06. The molecule has 2 unspecified atom stereocenters. The average Bonchev–Trinajstić information content (AvgIpc) is 3.41. The number of hydrogen-bond donors (Lipinski definition) is 0. The summed E-state index contributed by atoms with van der Waals surface area (Å²) >= 11 is 0. The van der Waals surface area contributed by atoms with Crippen LogP contribution in [0.5, 0.6) is 0 Å². The predicted molar refractivity (Wildman–Crippen MR) is 111 cm³/mol. The smallest absolute Gasteiger partial charge is 0.230 e. The van der Waals surface area contributed by atoms with Gasteiger partial charge in [-0.05, 0) is 29.7 Å². The van der Waals surface area contributed by atoms with Gasteiger partial charge in [0.25, 0.3) is 0 Å². The average molecular weight is 403 g/mol. The molecule has 4 heterocycles. The monoisotopic (exact) mass is 403 g/mol. The Labute approximate surface area is 176 Å². The summed E-state index contributed by atoms with van der Waals surface area (Å²) in [6, 6.07) is 13.8. The van der Waals surface area contributed by atoms with Crippen LogP contribution in [0.25, 0.3) is 0 Å². The van der Waals surface area contributed by atoms with Gasteiger partial charge in [0.1, 0.15) is 5.60 Å². The molecule has 4 atom stereocenters. The molecule has 5 rings (SSSR count). The number of likely N-dealkylation sites (tertiary alicyclic amines) is 1. The Hall–Kier alpha value is -2.99. The third kappa shape index (κ3) is 3.12. The van der Waals surface area contributed by atoms with Crippen LogP contribution in [0, 0.1) is 11.8 Å². The largest absolute Gasteiger partial charge is 0.360 e. The Bertz CT molecular complexity index is 978. The van der Waals surface area contributed by atoms with Gasteiger partial charge in [-0.25, -0.2) is 0 Å². The van der Waals surface area contributed by atoms with Crippen molar-refractivity contribution in [1.29, 1.82) is 0 Å². The van der Waals surface area contributed by atoms with Gasteiger partial charge in [-0.1, -0.05) is 42.5 Å². The summed E-state index contributed by atoms with van der Waals surface area (Å²) < 4.78 is 6.24. The standard InChI is InChI=1S/C24H25N3O3/c1-26(15-18-5-3-2-4-6-18)22(28)20-19-7-11-24(30-19)16-27(23(29)21(20)24)14-10-17-8-12-25-13-9-17/h2-9,11-13,19-21H,10,14-16H2,1H3/t19-,20?,21?,24-/m1/s1. The molecule has 6 heteroatoms. The van der Waals surface area contributed by atoms with Crippen molar-refractivity contribution in [3.63, 3.8) is 0 Å². The molecular weight excluding hydrogens is 378 g/mol. The molecule has 30 heavy (non-hydrogen) atoms. The minimum absolute atomic E-state index is 0.0237. The number of aromatic nitrogens is 1. The Morgan fingerprint density at radius 3 is 2.73 bits per heavy atom. The van der Waals surface area contributed by atoms with Gasteiger partial charge in [-0.3, -0.25) is 14.6 Å². The zero-order valence-corrected chi connectivity index (χ0v) is 17.0. The molecule has 154 valence electrons. The lowest BCUT2D eigenvalue weighted by Crippen LogP contribution is -2.44. The Morgan fingerprint density at radius 1 is 1.20 bits per heavy atom. The van der Waals surface area contributed by atoms with Crippen LogP contribution >= 0.6 is 0 Å². The van der Waals surface area contributed by atoms with Gasteiger partial charge in [0.15, 0.2) is 0 Å². The highest BCUT2D eigenvalue weighted by Crippen LogP contribution is 2.52. The van der Waals surface area contributed by atoms with Gasteiger partial charge >= 0.3 is 0 Å². The Kier molecular flexibility index (Phi) is 4.66. The van der Waals surface area contributed by atoms with Crippen LogP contribution in [0.3, 0.4) is 0 Å². The zero-order chi connectivity index (χ0) is 20.7. The highest BCUT2D eigenvalue weighted by atomic mass is 16.5. The molecular formula is C24H25N3O3. The molecule has 3 aliphatic rings. The van der Waals surface area contributed by atoms with E-state index in [1.54, 1.807) is 24.3 Å². The van der Waals surface area contributed by atoms with E-state index >= 15 is 0 Å². The maximum Gasteiger partial charge on any atom is 0.230 e. The van der Waals surface area contributed by atoms with E-state index in [0.29, 0.717) is 19.6 Å². The molecule has 2 bridgehead atoms. The number of carbonyl (C=O) groups excluding carboxylic acids is 2. The molecule has 2 aromatic rings. The van der Waals surface area contributed by atoms with Crippen molar-refractivity contribution in [3.05, 3.63) is 78.1 Å². The molecule has 2 saturated heterocycles. The molecule has 2 fully saturated rings. The fraction of sp³-hybridized carbons (Fsp3) is 0.375. The van der Waals surface area contributed by atoms with E-state index < -0.39 is 17.4 Å². The zero-order valence-electron chi connectivity index (χ0n) is 17.0. The summed E-state index contributed by atoms with van der Waals surface area (Å²) in [6.07, 6.45) is 7.95. The van der Waals surface area contributed by atoms with Crippen LogP contribution in [-0.2, 0) is 27.3 Å². The van der Waals surface area contributed by atoms with E-state index in [1.165, 1.54) is 0 Å². The van der Waals surface area contributed by atoms with Gasteiger partial charge in [-0.15, -0.1) is 0 Å². The number of pyridine rings is 1. The Morgan fingerprint density at radius 2 is 1.97 bits per heavy atom. The van der Waals surface area contributed by atoms with E-state index in [1.807, 2.05) is 59.5 Å². The maximum absolute atomic E-state index is 13.3. The Balaban J connectivity index is 1.31. The van der Waals surface area contributed by atoms with Crippen molar-refractivity contribution in [1.82, 2.24) is 14.8 Å². The molecule has 1 spiro atoms. The number of amides is 2. The molecule has 0 N–H and O–H groups in total. The minimum atomic E-state index is -0.659. The van der Waals surface area contributed by atoms with Crippen LogP contribution in [0.2, 0.25) is 0 Å². The van der Waals surface area contributed by atoms with Gasteiger partial charge in [0.05, 0.1) is 24.5 Å². The van der Waals surface area contributed by atoms with Crippen molar-refractivity contribution in [3.8, 4) is 0 Å². The molecule has 2 amide bonds. The maximum atomic E-state index is 13.3. The van der Waals surface area contributed by atoms with Crippen LogP contribution < -0.4 is 0 Å². The minimum Gasteiger partial charge on any atom is -0.360 e. The van der Waals surface area contributed by atoms with Gasteiger partial charge in [0.2, 0.25) is 11.8 Å². The van der Waals surface area contributed by atoms with Gasteiger partial charge in [-0.2, -0.15) is 0 Å². The second kappa shape index (κ2) is 7.36. The molecule has 0 saturated carbocycles. The first kappa shape index (κ1) is 19.0. The molecule has 0 aliphatic carbocycles. The fourth-order valence-corrected chi connectivity index (χ4v) is 5.05. The topological polar surface area (TPSA) is 62.7 Å². The summed E-state index contributed by atoms with van der Waals surface area (Å²) in [5.74, 6) is -0.885. The van der Waals surface area contributed by atoms with Crippen molar-refractivity contribution in [2.24, 2.45) is 11.8 Å². The normalized spacial score (nSPS) is 28.8. The SMILES string of the molecule is CN(Cc1ccccc1)C(=O)C1C2C(=O)N(CCc3ccncc3)C[C@]23C=C[C@H]1O3. The van der Waals surface area contributed by atoms with Crippen molar-refractivity contribution >= 4 is 11.8 Å². The number of hydrogen-bond acceptors (Lipinski definition) is 4. The molecule has 3 aliphatic heterocycles. The van der Waals surface area contributed by atoms with E-state index in [-0.39, 0.29) is 17.9 Å². The van der Waals surface area contributed by atoms with E-state index in [2.05, 4.69) is 4.98 Å². The van der Waals surface area contributed by atoms with E-state index in [4.69, 9.17) is 4.74 Å². The highest BCUT2D eigenvalue weighted by molar-refractivity contribution is 5.93. The van der Waals surface area contributed by atoms with Crippen molar-refractivity contribution in [2.75, 3.05) is 20.1 Å². The van der Waals surface area contributed by atoms with E-state index in [9.17, 15) is 9.59 Å². The van der Waals surface area contributed by atoms with Crippen LogP contribution in [-0.4, -0.2) is 58.4 Å². The third-order valence-electron chi connectivity index (χ3n) is 6.52. The lowest BCUT2D eigenvalue weighted by Gasteiger charge is -2.28. The quantitative estimate of drug-likeness (QED) is 0.693. The van der Waals surface area contributed by atoms with Crippen LogP contribution in [0.1, 0.15) is 11.1 Å². The molecule has 1 aromatic carbocycles. The second-order valence-electron chi connectivity index (χ2n) is 8.45. The summed E-state index contributed by atoms with van der Waals surface area (Å²) in [6.45, 7) is 1.65. The highest BCUT2D eigenvalue weighted by Gasteiger charge is 2.66. The molecule has 6 nitrogen and oxygen atoms in total. The molecule has 0 radical (unpaired) electrons.